The van der Waals surface area contributed by atoms with Gasteiger partial charge in [-0.25, -0.2) is 0 Å². The van der Waals surface area contributed by atoms with Crippen LogP contribution in [0, 0.1) is 5.41 Å². The number of benzene rings is 1. The molecule has 2 rings (SSSR count). The van der Waals surface area contributed by atoms with Gasteiger partial charge in [0.05, 0.1) is 12.7 Å². The lowest BCUT2D eigenvalue weighted by atomic mass is 9.61. The largest absolute Gasteiger partial charge is 0.373 e. The van der Waals surface area contributed by atoms with E-state index in [1.54, 1.807) is 0 Å². The van der Waals surface area contributed by atoms with Gasteiger partial charge in [-0.1, -0.05) is 54.9 Å². The van der Waals surface area contributed by atoms with E-state index in [1.807, 2.05) is 6.07 Å². The summed E-state index contributed by atoms with van der Waals surface area (Å²) in [6, 6.07) is 8.91. The standard InChI is InChI=1S/C17H26BrNO/c1-4-10-19-15-11-16(17(15,3)5-2)20-12-13-8-6-7-9-14(13)18/h6-9,15-16,19H,4-5,10-12H2,1-3H3. The van der Waals surface area contributed by atoms with Gasteiger partial charge < -0.3 is 10.1 Å². The Morgan fingerprint density at radius 2 is 2.10 bits per heavy atom. The second kappa shape index (κ2) is 7.06. The van der Waals surface area contributed by atoms with E-state index in [1.165, 1.54) is 12.0 Å². The van der Waals surface area contributed by atoms with Crippen LogP contribution in [0.25, 0.3) is 0 Å². The third-order valence-electron chi connectivity index (χ3n) is 4.78. The van der Waals surface area contributed by atoms with Crippen LogP contribution in [0.5, 0.6) is 0 Å². The van der Waals surface area contributed by atoms with Crippen molar-refractivity contribution in [3.05, 3.63) is 34.3 Å². The molecule has 0 radical (unpaired) electrons. The summed E-state index contributed by atoms with van der Waals surface area (Å²) in [5.74, 6) is 0. The van der Waals surface area contributed by atoms with Gasteiger partial charge in [0.25, 0.3) is 0 Å². The molecule has 1 aliphatic rings. The molecule has 3 heteroatoms. The van der Waals surface area contributed by atoms with Crippen LogP contribution >= 0.6 is 15.9 Å². The summed E-state index contributed by atoms with van der Waals surface area (Å²) in [6.07, 6.45) is 3.86. The van der Waals surface area contributed by atoms with E-state index in [4.69, 9.17) is 4.74 Å². The van der Waals surface area contributed by atoms with Crippen LogP contribution < -0.4 is 5.32 Å². The molecule has 0 heterocycles. The number of rotatable bonds is 7. The molecule has 3 atom stereocenters. The molecule has 1 N–H and O–H groups in total. The quantitative estimate of drug-likeness (QED) is 0.788. The Morgan fingerprint density at radius 1 is 1.35 bits per heavy atom. The predicted octanol–water partition coefficient (Wildman–Crippen LogP) is 4.52. The molecule has 0 saturated heterocycles. The molecule has 1 fully saturated rings. The maximum atomic E-state index is 6.19. The monoisotopic (exact) mass is 339 g/mol. The number of hydrogen-bond donors (Lipinski definition) is 1. The molecule has 1 aromatic rings. The number of nitrogens with one attached hydrogen (secondary N) is 1. The highest BCUT2D eigenvalue weighted by Crippen LogP contribution is 2.46. The summed E-state index contributed by atoms with van der Waals surface area (Å²) >= 11 is 3.59. The first-order valence-corrected chi connectivity index (χ1v) is 8.49. The van der Waals surface area contributed by atoms with E-state index >= 15 is 0 Å². The van der Waals surface area contributed by atoms with Crippen molar-refractivity contribution in [2.24, 2.45) is 5.41 Å². The lowest BCUT2D eigenvalue weighted by Gasteiger charge is -2.54. The first-order valence-electron chi connectivity index (χ1n) is 7.70. The fourth-order valence-corrected chi connectivity index (χ4v) is 3.39. The summed E-state index contributed by atoms with van der Waals surface area (Å²) in [6.45, 7) is 8.65. The minimum absolute atomic E-state index is 0.274. The van der Waals surface area contributed by atoms with Gasteiger partial charge in [0.15, 0.2) is 0 Å². The summed E-state index contributed by atoms with van der Waals surface area (Å²) in [4.78, 5) is 0. The third-order valence-corrected chi connectivity index (χ3v) is 5.56. The van der Waals surface area contributed by atoms with Crippen LogP contribution in [0.1, 0.15) is 45.6 Å². The molecule has 0 aromatic heterocycles. The van der Waals surface area contributed by atoms with Crippen molar-refractivity contribution in [1.29, 1.82) is 0 Å². The van der Waals surface area contributed by atoms with Crippen LogP contribution in [0.3, 0.4) is 0 Å². The average Bonchev–Trinajstić information content (AvgIpc) is 2.46. The number of hydrogen-bond acceptors (Lipinski definition) is 2. The molecule has 20 heavy (non-hydrogen) atoms. The zero-order valence-corrected chi connectivity index (χ0v) is 14.4. The lowest BCUT2D eigenvalue weighted by molar-refractivity contribution is -0.135. The first kappa shape index (κ1) is 16.0. The van der Waals surface area contributed by atoms with Gasteiger partial charge in [-0.15, -0.1) is 0 Å². The topological polar surface area (TPSA) is 21.3 Å². The Hall–Kier alpha value is -0.380. The zero-order chi connectivity index (χ0) is 14.6. The Balaban J connectivity index is 1.89. The third kappa shape index (κ3) is 3.26. The summed E-state index contributed by atoms with van der Waals surface area (Å²) < 4.78 is 7.33. The summed E-state index contributed by atoms with van der Waals surface area (Å²) in [5.41, 5.74) is 1.51. The maximum absolute atomic E-state index is 6.19. The van der Waals surface area contributed by atoms with Crippen molar-refractivity contribution in [2.45, 2.75) is 58.8 Å². The van der Waals surface area contributed by atoms with E-state index in [0.29, 0.717) is 18.8 Å². The molecule has 112 valence electrons. The maximum Gasteiger partial charge on any atom is 0.0731 e. The molecular formula is C17H26BrNO. The normalized spacial score (nSPS) is 29.2. The van der Waals surface area contributed by atoms with E-state index in [0.717, 1.165) is 23.9 Å². The fraction of sp³-hybridized carbons (Fsp3) is 0.647. The van der Waals surface area contributed by atoms with E-state index < -0.39 is 0 Å². The van der Waals surface area contributed by atoms with Gasteiger partial charge in [0.1, 0.15) is 0 Å². The second-order valence-electron chi connectivity index (χ2n) is 5.99. The minimum Gasteiger partial charge on any atom is -0.373 e. The molecule has 2 nitrogen and oxygen atoms in total. The van der Waals surface area contributed by atoms with Crippen molar-refractivity contribution in [1.82, 2.24) is 5.32 Å². The smallest absolute Gasteiger partial charge is 0.0731 e. The number of halogens is 1. The van der Waals surface area contributed by atoms with Gasteiger partial charge in [0.2, 0.25) is 0 Å². The molecule has 1 saturated carbocycles. The Kier molecular flexibility index (Phi) is 5.65. The van der Waals surface area contributed by atoms with E-state index in [9.17, 15) is 0 Å². The number of ether oxygens (including phenoxy) is 1. The Bertz CT molecular complexity index is 437. The van der Waals surface area contributed by atoms with Crippen molar-refractivity contribution in [3.8, 4) is 0 Å². The van der Waals surface area contributed by atoms with Gasteiger partial charge in [0, 0.05) is 15.9 Å². The molecule has 0 amide bonds. The predicted molar refractivity (Wildman–Crippen MR) is 87.8 cm³/mol. The first-order chi connectivity index (χ1) is 9.61. The molecule has 1 aliphatic carbocycles. The van der Waals surface area contributed by atoms with Crippen molar-refractivity contribution in [3.63, 3.8) is 0 Å². The average molecular weight is 340 g/mol. The molecule has 0 bridgehead atoms. The molecule has 3 unspecified atom stereocenters. The summed E-state index contributed by atoms with van der Waals surface area (Å²) in [5, 5.41) is 3.66. The van der Waals surface area contributed by atoms with Crippen molar-refractivity contribution in [2.75, 3.05) is 6.54 Å². The van der Waals surface area contributed by atoms with Gasteiger partial charge in [-0.05, 0) is 37.4 Å². The Morgan fingerprint density at radius 3 is 2.75 bits per heavy atom. The Labute approximate surface area is 131 Å². The van der Waals surface area contributed by atoms with Crippen LogP contribution in [0.15, 0.2) is 28.7 Å². The summed E-state index contributed by atoms with van der Waals surface area (Å²) in [7, 11) is 0. The second-order valence-corrected chi connectivity index (χ2v) is 6.85. The van der Waals surface area contributed by atoms with Crippen LogP contribution in [0.2, 0.25) is 0 Å². The molecular weight excluding hydrogens is 314 g/mol. The lowest BCUT2D eigenvalue weighted by Crippen LogP contribution is -2.62. The van der Waals surface area contributed by atoms with Crippen LogP contribution in [-0.4, -0.2) is 18.7 Å². The van der Waals surface area contributed by atoms with Crippen LogP contribution in [0.4, 0.5) is 0 Å². The molecule has 0 spiro atoms. The van der Waals surface area contributed by atoms with Gasteiger partial charge in [-0.2, -0.15) is 0 Å². The minimum atomic E-state index is 0.274. The van der Waals surface area contributed by atoms with E-state index in [-0.39, 0.29) is 5.41 Å². The fourth-order valence-electron chi connectivity index (χ4n) is 2.99. The SMILES string of the molecule is CCCNC1CC(OCc2ccccc2Br)C1(C)CC. The van der Waals surface area contributed by atoms with Gasteiger partial charge >= 0.3 is 0 Å². The van der Waals surface area contributed by atoms with E-state index in [2.05, 4.69) is 60.2 Å². The van der Waals surface area contributed by atoms with Crippen LogP contribution in [-0.2, 0) is 11.3 Å². The van der Waals surface area contributed by atoms with Crippen molar-refractivity contribution < 1.29 is 4.74 Å². The molecule has 0 aliphatic heterocycles. The van der Waals surface area contributed by atoms with Crippen molar-refractivity contribution >= 4 is 15.9 Å². The van der Waals surface area contributed by atoms with Gasteiger partial charge in [-0.3, -0.25) is 0 Å². The zero-order valence-electron chi connectivity index (χ0n) is 12.8. The highest BCUT2D eigenvalue weighted by atomic mass is 79.9. The highest BCUT2D eigenvalue weighted by molar-refractivity contribution is 9.10. The molecule has 1 aromatic carbocycles. The highest BCUT2D eigenvalue weighted by Gasteiger charge is 2.50.